The molecule has 0 atom stereocenters. The molecule has 0 saturated heterocycles. The quantitative estimate of drug-likeness (QED) is 0.363. The largest absolute Gasteiger partial charge is 0.335 e. The number of urea groups is 1. The summed E-state index contributed by atoms with van der Waals surface area (Å²) in [7, 11) is 3.33. The maximum atomic E-state index is 12.0. The first kappa shape index (κ1) is 20.2. The van der Waals surface area contributed by atoms with Crippen LogP contribution in [-0.2, 0) is 0 Å². The smallest absolute Gasteiger partial charge is 0.321 e. The second kappa shape index (κ2) is 7.79. The molecule has 0 fully saturated rings. The highest BCUT2D eigenvalue weighted by Gasteiger charge is 2.17. The molecule has 0 aliphatic heterocycles. The Bertz CT molecular complexity index is 1530. The number of aromatic nitrogens is 7. The molecule has 5 aromatic heterocycles. The molecule has 0 radical (unpaired) electrons. The van der Waals surface area contributed by atoms with Crippen LogP contribution >= 0.6 is 0 Å². The summed E-state index contributed by atoms with van der Waals surface area (Å²) >= 11 is 0. The van der Waals surface area contributed by atoms with Crippen LogP contribution < -0.4 is 5.32 Å². The number of nitrogens with zero attached hydrogens (tertiary/aromatic N) is 6. The van der Waals surface area contributed by atoms with E-state index in [1.807, 2.05) is 12.1 Å². The summed E-state index contributed by atoms with van der Waals surface area (Å²) < 4.78 is 0. The van der Waals surface area contributed by atoms with Gasteiger partial charge in [-0.15, -0.1) is 0 Å². The molecule has 5 rings (SSSR count). The fraction of sp³-hybridized carbons (Fsp3) is 0.136. The number of aromatic amines is 2. The Morgan fingerprint density at radius 2 is 1.79 bits per heavy atom. The SMILES string of the molecule is CC(=O)c1cncc2[nH]c(-c3[nH]nc4ncc(-c5cncc(NC(=O)N(C)C)c5)cc34)nc12. The van der Waals surface area contributed by atoms with Crippen LogP contribution in [0.5, 0.6) is 0 Å². The van der Waals surface area contributed by atoms with E-state index in [4.69, 9.17) is 0 Å². The molecule has 0 saturated carbocycles. The fourth-order valence-corrected chi connectivity index (χ4v) is 3.45. The number of hydrogen-bond acceptors (Lipinski definition) is 7. The summed E-state index contributed by atoms with van der Waals surface area (Å²) in [4.78, 5) is 46.0. The van der Waals surface area contributed by atoms with Gasteiger partial charge in [0, 0.05) is 43.8 Å². The molecule has 164 valence electrons. The van der Waals surface area contributed by atoms with Crippen LogP contribution in [0, 0.1) is 0 Å². The lowest BCUT2D eigenvalue weighted by Crippen LogP contribution is -2.27. The van der Waals surface area contributed by atoms with E-state index in [0.717, 1.165) is 16.5 Å². The number of Topliss-reactive ketones (excluding diaryl/α,β-unsaturated/α-hetero) is 1. The Kier molecular flexibility index (Phi) is 4.78. The third kappa shape index (κ3) is 3.65. The summed E-state index contributed by atoms with van der Waals surface area (Å²) in [6, 6.07) is 3.50. The summed E-state index contributed by atoms with van der Waals surface area (Å²) in [6.07, 6.45) is 8.10. The van der Waals surface area contributed by atoms with Crippen LogP contribution in [-0.4, -0.2) is 65.9 Å². The molecule has 2 amide bonds. The minimum absolute atomic E-state index is 0.113. The monoisotopic (exact) mass is 441 g/mol. The molecule has 0 spiro atoms. The van der Waals surface area contributed by atoms with Gasteiger partial charge in [-0.25, -0.2) is 14.8 Å². The van der Waals surface area contributed by atoms with Crippen LogP contribution in [0.3, 0.4) is 0 Å². The van der Waals surface area contributed by atoms with Gasteiger partial charge in [-0.1, -0.05) is 0 Å². The van der Waals surface area contributed by atoms with E-state index in [0.29, 0.717) is 39.4 Å². The molecule has 0 aliphatic carbocycles. The van der Waals surface area contributed by atoms with Crippen LogP contribution in [0.25, 0.3) is 44.7 Å². The number of fused-ring (bicyclic) bond motifs is 2. The molecule has 0 aliphatic rings. The van der Waals surface area contributed by atoms with Crippen molar-refractivity contribution in [1.82, 2.24) is 40.0 Å². The summed E-state index contributed by atoms with van der Waals surface area (Å²) in [5.74, 6) is 0.408. The number of anilines is 1. The third-order valence-corrected chi connectivity index (χ3v) is 5.15. The lowest BCUT2D eigenvalue weighted by atomic mass is 10.1. The van der Waals surface area contributed by atoms with Crippen molar-refractivity contribution in [3.63, 3.8) is 0 Å². The minimum atomic E-state index is -0.246. The average molecular weight is 441 g/mol. The Labute approximate surface area is 187 Å². The fourth-order valence-electron chi connectivity index (χ4n) is 3.45. The van der Waals surface area contributed by atoms with Gasteiger partial charge in [0.25, 0.3) is 0 Å². The number of carbonyl (C=O) groups is 2. The molecule has 3 N–H and O–H groups in total. The van der Waals surface area contributed by atoms with Crippen molar-refractivity contribution >= 4 is 39.6 Å². The molecule has 0 bridgehead atoms. The van der Waals surface area contributed by atoms with E-state index in [-0.39, 0.29) is 11.8 Å². The first-order valence-electron chi connectivity index (χ1n) is 10.0. The predicted molar refractivity (Wildman–Crippen MR) is 123 cm³/mol. The van der Waals surface area contributed by atoms with Gasteiger partial charge < -0.3 is 15.2 Å². The van der Waals surface area contributed by atoms with E-state index < -0.39 is 0 Å². The number of nitrogens with one attached hydrogen (secondary N) is 3. The lowest BCUT2D eigenvalue weighted by Gasteiger charge is -2.12. The minimum Gasteiger partial charge on any atom is -0.335 e. The number of amides is 2. The molecular formula is C22H19N9O2. The van der Waals surface area contributed by atoms with Crippen molar-refractivity contribution in [2.24, 2.45) is 0 Å². The van der Waals surface area contributed by atoms with Crippen molar-refractivity contribution in [1.29, 1.82) is 0 Å². The standard InChI is InChI=1S/C22H19N9O2/c1-11(32)16-9-24-10-17-18(16)28-21(27-17)19-15-5-13(7-25-20(15)30-29-19)12-4-14(8-23-6-12)26-22(33)31(2)3/h4-10H,1-3H3,(H,26,33)(H,27,28)(H,25,29,30). The number of rotatable bonds is 4. The molecule has 5 aromatic rings. The lowest BCUT2D eigenvalue weighted by molar-refractivity contribution is 0.101. The number of pyridine rings is 3. The molecule has 0 aromatic carbocycles. The van der Waals surface area contributed by atoms with Gasteiger partial charge in [-0.3, -0.25) is 19.9 Å². The first-order valence-corrected chi connectivity index (χ1v) is 10.0. The number of imidazole rings is 1. The first-order chi connectivity index (χ1) is 15.9. The molecule has 0 unspecified atom stereocenters. The van der Waals surface area contributed by atoms with Crippen LogP contribution in [0.2, 0.25) is 0 Å². The van der Waals surface area contributed by atoms with Gasteiger partial charge in [0.05, 0.1) is 34.5 Å². The number of H-pyrrole nitrogens is 2. The zero-order valence-corrected chi connectivity index (χ0v) is 18.0. The summed E-state index contributed by atoms with van der Waals surface area (Å²) in [6.45, 7) is 1.48. The van der Waals surface area contributed by atoms with E-state index >= 15 is 0 Å². The van der Waals surface area contributed by atoms with E-state index in [1.54, 1.807) is 38.9 Å². The second-order valence-electron chi connectivity index (χ2n) is 7.71. The molecule has 5 heterocycles. The van der Waals surface area contributed by atoms with Crippen LogP contribution in [0.4, 0.5) is 10.5 Å². The topological polar surface area (TPSA) is 145 Å². The maximum Gasteiger partial charge on any atom is 0.321 e. The molecule has 11 heteroatoms. The maximum absolute atomic E-state index is 12.0. The molecule has 33 heavy (non-hydrogen) atoms. The van der Waals surface area contributed by atoms with Crippen molar-refractivity contribution < 1.29 is 9.59 Å². The van der Waals surface area contributed by atoms with Gasteiger partial charge in [0.15, 0.2) is 17.3 Å². The van der Waals surface area contributed by atoms with Gasteiger partial charge in [0.2, 0.25) is 0 Å². The van der Waals surface area contributed by atoms with Crippen molar-refractivity contribution in [2.45, 2.75) is 6.92 Å². The zero-order valence-electron chi connectivity index (χ0n) is 18.0. The van der Waals surface area contributed by atoms with E-state index in [2.05, 4.69) is 40.4 Å². The Balaban J connectivity index is 1.57. The second-order valence-corrected chi connectivity index (χ2v) is 7.71. The number of carbonyl (C=O) groups excluding carboxylic acids is 2. The highest BCUT2D eigenvalue weighted by Crippen LogP contribution is 2.30. The highest BCUT2D eigenvalue weighted by atomic mass is 16.2. The Hall–Kier alpha value is -4.67. The number of ketones is 1. The van der Waals surface area contributed by atoms with Gasteiger partial charge in [-0.05, 0) is 19.1 Å². The highest BCUT2D eigenvalue weighted by molar-refractivity contribution is 6.05. The van der Waals surface area contributed by atoms with Gasteiger partial charge in [-0.2, -0.15) is 5.10 Å². The van der Waals surface area contributed by atoms with Crippen LogP contribution in [0.1, 0.15) is 17.3 Å². The Morgan fingerprint density at radius 1 is 1.00 bits per heavy atom. The zero-order chi connectivity index (χ0) is 23.1. The van der Waals surface area contributed by atoms with E-state index in [9.17, 15) is 9.59 Å². The van der Waals surface area contributed by atoms with E-state index in [1.165, 1.54) is 18.0 Å². The summed E-state index contributed by atoms with van der Waals surface area (Å²) in [5, 5.41) is 10.8. The molecular weight excluding hydrogens is 422 g/mol. The van der Waals surface area contributed by atoms with Crippen LogP contribution in [0.15, 0.2) is 43.1 Å². The molecule has 11 nitrogen and oxygen atoms in total. The number of hydrogen-bond donors (Lipinski definition) is 3. The van der Waals surface area contributed by atoms with Crippen molar-refractivity contribution in [3.8, 4) is 22.6 Å². The predicted octanol–water partition coefficient (Wildman–Crippen LogP) is 3.25. The van der Waals surface area contributed by atoms with Crippen molar-refractivity contribution in [2.75, 3.05) is 19.4 Å². The van der Waals surface area contributed by atoms with Crippen molar-refractivity contribution in [3.05, 3.63) is 48.7 Å². The third-order valence-electron chi connectivity index (χ3n) is 5.15. The Morgan fingerprint density at radius 3 is 2.58 bits per heavy atom. The summed E-state index contributed by atoms with van der Waals surface area (Å²) in [5.41, 5.74) is 4.94. The average Bonchev–Trinajstić information content (AvgIpc) is 3.42. The van der Waals surface area contributed by atoms with Gasteiger partial charge in [0.1, 0.15) is 11.2 Å². The van der Waals surface area contributed by atoms with Gasteiger partial charge >= 0.3 is 6.03 Å². The normalized spacial score (nSPS) is 11.1.